The number of hydrogen-bond acceptors (Lipinski definition) is 7. The molecule has 9 heteroatoms. The molecule has 3 aromatic rings. The molecule has 0 saturated carbocycles. The van der Waals surface area contributed by atoms with Crippen molar-refractivity contribution in [1.29, 1.82) is 0 Å². The third kappa shape index (κ3) is 2.30. The van der Waals surface area contributed by atoms with Gasteiger partial charge in [0.1, 0.15) is 11.3 Å². The molecule has 7 N–H and O–H groups in total. The van der Waals surface area contributed by atoms with Crippen molar-refractivity contribution in [2.24, 2.45) is 5.84 Å². The zero-order valence-corrected chi connectivity index (χ0v) is 11.7. The molecule has 0 amide bonds. The third-order valence-corrected chi connectivity index (χ3v) is 3.42. The minimum absolute atomic E-state index is 0.314. The Hall–Kier alpha value is -2.58. The number of nitrogen functional groups attached to an aromatic ring is 3. The second-order valence-corrected chi connectivity index (χ2v) is 4.87. The van der Waals surface area contributed by atoms with Gasteiger partial charge in [-0.2, -0.15) is 0 Å². The average Bonchev–Trinajstić information content (AvgIpc) is 2.87. The third-order valence-electron chi connectivity index (χ3n) is 3.12. The first-order valence-corrected chi connectivity index (χ1v) is 6.47. The highest BCUT2D eigenvalue weighted by Gasteiger charge is 2.12. The number of nitrogens with zero attached hydrogens (tertiary/aromatic N) is 4. The van der Waals surface area contributed by atoms with Gasteiger partial charge in [-0.15, -0.1) is 5.10 Å². The lowest BCUT2D eigenvalue weighted by Crippen LogP contribution is -2.14. The zero-order valence-electron chi connectivity index (χ0n) is 10.9. The van der Waals surface area contributed by atoms with Crippen molar-refractivity contribution in [2.75, 3.05) is 16.9 Å². The summed E-state index contributed by atoms with van der Waals surface area (Å²) in [4.78, 5) is 4.01. The van der Waals surface area contributed by atoms with Gasteiger partial charge in [-0.1, -0.05) is 22.9 Å². The van der Waals surface area contributed by atoms with Crippen molar-refractivity contribution >= 4 is 40.0 Å². The summed E-state index contributed by atoms with van der Waals surface area (Å²) in [6.45, 7) is 0.379. The largest absolute Gasteiger partial charge is 0.395 e. The Kier molecular flexibility index (Phi) is 3.24. The van der Waals surface area contributed by atoms with Crippen molar-refractivity contribution < 1.29 is 0 Å². The first-order chi connectivity index (χ1) is 10.1. The fraction of sp³-hybridized carbons (Fsp3) is 0.0833. The molecule has 21 heavy (non-hydrogen) atoms. The maximum Gasteiger partial charge on any atom is 0.165 e. The molecule has 0 radical (unpaired) electrons. The van der Waals surface area contributed by atoms with Crippen LogP contribution < -0.4 is 22.7 Å². The van der Waals surface area contributed by atoms with Crippen molar-refractivity contribution in [3.8, 4) is 0 Å². The molecule has 8 nitrogen and oxygen atoms in total. The van der Waals surface area contributed by atoms with E-state index in [1.54, 1.807) is 16.8 Å². The lowest BCUT2D eigenvalue weighted by Gasteiger charge is -2.11. The summed E-state index contributed by atoms with van der Waals surface area (Å²) >= 11 is 6.08. The van der Waals surface area contributed by atoms with Gasteiger partial charge >= 0.3 is 0 Å². The van der Waals surface area contributed by atoms with Gasteiger partial charge < -0.3 is 16.9 Å². The lowest BCUT2D eigenvalue weighted by molar-refractivity contribution is 0.670. The van der Waals surface area contributed by atoms with E-state index in [9.17, 15) is 0 Å². The van der Waals surface area contributed by atoms with Gasteiger partial charge in [-0.3, -0.25) is 0 Å². The van der Waals surface area contributed by atoms with Crippen LogP contribution in [-0.2, 0) is 6.54 Å². The number of fused-ring (bicyclic) bond motifs is 1. The Morgan fingerprint density at radius 3 is 2.86 bits per heavy atom. The van der Waals surface area contributed by atoms with Gasteiger partial charge in [-0.05, 0) is 18.2 Å². The molecule has 0 aliphatic heterocycles. The maximum absolute atomic E-state index is 6.08. The number of rotatable bonds is 3. The van der Waals surface area contributed by atoms with Crippen LogP contribution in [0.2, 0.25) is 5.02 Å². The van der Waals surface area contributed by atoms with Crippen molar-refractivity contribution in [3.05, 3.63) is 34.9 Å². The van der Waals surface area contributed by atoms with Crippen LogP contribution in [0.5, 0.6) is 0 Å². The molecule has 0 spiro atoms. The Morgan fingerprint density at radius 2 is 2.10 bits per heavy atom. The zero-order chi connectivity index (χ0) is 15.0. The van der Waals surface area contributed by atoms with Crippen LogP contribution in [0, 0.1) is 0 Å². The standard InChI is InChI=1S/C12H13ClN8/c13-7-2-1-3-8-11(7)19-20-21(8)5-6-4-9(14)17-12(18-16)10(6)15/h1-4H,5,15-16H2,(H3,14,17,18). The fourth-order valence-corrected chi connectivity index (χ4v) is 2.31. The summed E-state index contributed by atoms with van der Waals surface area (Å²) in [5, 5.41) is 8.70. The molecular weight excluding hydrogens is 292 g/mol. The van der Waals surface area contributed by atoms with E-state index in [1.165, 1.54) is 0 Å². The highest BCUT2D eigenvalue weighted by molar-refractivity contribution is 6.34. The minimum Gasteiger partial charge on any atom is -0.395 e. The monoisotopic (exact) mass is 304 g/mol. The van der Waals surface area contributed by atoms with Crippen LogP contribution >= 0.6 is 11.6 Å². The summed E-state index contributed by atoms with van der Waals surface area (Å²) in [5.74, 6) is 6.01. The summed E-state index contributed by atoms with van der Waals surface area (Å²) in [7, 11) is 0. The molecule has 0 bridgehead atoms. The van der Waals surface area contributed by atoms with Gasteiger partial charge in [0.2, 0.25) is 0 Å². The summed E-state index contributed by atoms with van der Waals surface area (Å²) < 4.78 is 1.69. The van der Waals surface area contributed by atoms with Crippen molar-refractivity contribution in [3.63, 3.8) is 0 Å². The number of hydrazine groups is 1. The van der Waals surface area contributed by atoms with Crippen LogP contribution in [0.1, 0.15) is 5.56 Å². The van der Waals surface area contributed by atoms with E-state index in [0.29, 0.717) is 34.4 Å². The summed E-state index contributed by atoms with van der Waals surface area (Å²) in [6.07, 6.45) is 0. The first-order valence-electron chi connectivity index (χ1n) is 6.09. The van der Waals surface area contributed by atoms with Crippen LogP contribution in [-0.4, -0.2) is 20.0 Å². The van der Waals surface area contributed by atoms with E-state index in [2.05, 4.69) is 20.7 Å². The van der Waals surface area contributed by atoms with Crippen LogP contribution in [0.3, 0.4) is 0 Å². The van der Waals surface area contributed by atoms with E-state index in [0.717, 1.165) is 11.1 Å². The number of aromatic nitrogens is 4. The Labute approximate surface area is 124 Å². The predicted molar refractivity (Wildman–Crippen MR) is 82.5 cm³/mol. The lowest BCUT2D eigenvalue weighted by atomic mass is 10.2. The number of nitrogens with two attached hydrogens (primary N) is 3. The van der Waals surface area contributed by atoms with E-state index >= 15 is 0 Å². The Balaban J connectivity index is 2.07. The van der Waals surface area contributed by atoms with Crippen molar-refractivity contribution in [1.82, 2.24) is 20.0 Å². The molecule has 0 aliphatic carbocycles. The highest BCUT2D eigenvalue weighted by Crippen LogP contribution is 2.25. The summed E-state index contributed by atoms with van der Waals surface area (Å²) in [5.41, 5.74) is 16.8. The molecule has 2 heterocycles. The second kappa shape index (κ2) is 5.08. The first kappa shape index (κ1) is 13.4. The molecule has 0 atom stereocenters. The molecule has 0 fully saturated rings. The second-order valence-electron chi connectivity index (χ2n) is 4.47. The Bertz CT molecular complexity index is 812. The number of pyridine rings is 1. The van der Waals surface area contributed by atoms with Gasteiger partial charge in [-0.25, -0.2) is 15.5 Å². The number of anilines is 3. The van der Waals surface area contributed by atoms with E-state index < -0.39 is 0 Å². The molecule has 0 unspecified atom stereocenters. The number of hydrogen-bond donors (Lipinski definition) is 4. The minimum atomic E-state index is 0.314. The van der Waals surface area contributed by atoms with Gasteiger partial charge in [0.05, 0.1) is 22.8 Å². The fourth-order valence-electron chi connectivity index (χ4n) is 2.11. The van der Waals surface area contributed by atoms with Gasteiger partial charge in [0.15, 0.2) is 5.82 Å². The highest BCUT2D eigenvalue weighted by atomic mass is 35.5. The summed E-state index contributed by atoms with van der Waals surface area (Å²) in [6, 6.07) is 7.15. The van der Waals surface area contributed by atoms with Gasteiger partial charge in [0, 0.05) is 5.56 Å². The van der Waals surface area contributed by atoms with E-state index in [-0.39, 0.29) is 0 Å². The molecule has 2 aromatic heterocycles. The predicted octanol–water partition coefficient (Wildman–Crippen LogP) is 0.978. The smallest absolute Gasteiger partial charge is 0.165 e. The molecular formula is C12H13ClN8. The number of halogens is 1. The van der Waals surface area contributed by atoms with Crippen LogP contribution in [0.15, 0.2) is 24.3 Å². The number of benzene rings is 1. The maximum atomic E-state index is 6.08. The normalized spacial score (nSPS) is 11.0. The average molecular weight is 305 g/mol. The van der Waals surface area contributed by atoms with Crippen LogP contribution in [0.25, 0.3) is 11.0 Å². The molecule has 0 saturated heterocycles. The van der Waals surface area contributed by atoms with Gasteiger partial charge in [0.25, 0.3) is 0 Å². The van der Waals surface area contributed by atoms with E-state index in [4.69, 9.17) is 28.9 Å². The molecule has 108 valence electrons. The SMILES string of the molecule is NNc1nc(N)cc(Cn2nnc3c(Cl)cccc32)c1N. The molecule has 0 aliphatic rings. The molecule has 1 aromatic carbocycles. The van der Waals surface area contributed by atoms with Crippen molar-refractivity contribution in [2.45, 2.75) is 6.54 Å². The topological polar surface area (TPSA) is 134 Å². The quantitative estimate of drug-likeness (QED) is 0.418. The van der Waals surface area contributed by atoms with E-state index in [1.807, 2.05) is 12.1 Å². The Morgan fingerprint density at radius 1 is 1.29 bits per heavy atom. The number of nitrogens with one attached hydrogen (secondary N) is 1. The van der Waals surface area contributed by atoms with Crippen LogP contribution in [0.4, 0.5) is 17.3 Å². The molecule has 3 rings (SSSR count).